The van der Waals surface area contributed by atoms with Crippen molar-refractivity contribution < 1.29 is 4.42 Å². The first-order valence-corrected chi connectivity index (χ1v) is 20.8. The third-order valence-corrected chi connectivity index (χ3v) is 15.7. The number of fused-ring (bicyclic) bond motifs is 11. The Morgan fingerprint density at radius 1 is 0.453 bits per heavy atom. The average Bonchev–Trinajstić information content (AvgIpc) is 3.61. The van der Waals surface area contributed by atoms with Gasteiger partial charge in [0.25, 0.3) is 0 Å². The summed E-state index contributed by atoms with van der Waals surface area (Å²) in [7, 11) is -1.91. The lowest BCUT2D eigenvalue weighted by Crippen LogP contribution is -2.62. The first-order valence-electron chi connectivity index (χ1n) is 18.2. The van der Waals surface area contributed by atoms with E-state index < -0.39 is 14.2 Å². The first kappa shape index (κ1) is 30.5. The fourth-order valence-corrected chi connectivity index (χ4v) is 13.9. The van der Waals surface area contributed by atoms with Gasteiger partial charge in [0.1, 0.15) is 20.0 Å². The van der Waals surface area contributed by atoms with Gasteiger partial charge in [0.2, 0.25) is 0 Å². The molecule has 53 heavy (non-hydrogen) atoms. The van der Waals surface area contributed by atoms with Gasteiger partial charge in [-0.1, -0.05) is 156 Å². The number of benzene rings is 8. The van der Waals surface area contributed by atoms with Gasteiger partial charge in [-0.15, -0.1) is 0 Å². The molecule has 0 bridgehead atoms. The number of rotatable bonds is 4. The quantitative estimate of drug-likeness (QED) is 0.169. The molecule has 1 unspecified atom stereocenters. The second-order valence-corrected chi connectivity index (χ2v) is 17.8. The number of para-hydroxylation sites is 2. The monoisotopic (exact) mass is 711 g/mol. The summed E-state index contributed by atoms with van der Waals surface area (Å²) in [6, 6.07) is 71.8. The van der Waals surface area contributed by atoms with E-state index in [1.54, 1.807) is 0 Å². The second-order valence-electron chi connectivity index (χ2n) is 14.0. The van der Waals surface area contributed by atoms with E-state index in [9.17, 15) is 0 Å². The van der Waals surface area contributed by atoms with E-state index in [2.05, 4.69) is 193 Å². The Labute approximate surface area is 314 Å². The maximum Gasteiger partial charge on any atom is 0.137 e. The molecule has 2 aliphatic rings. The minimum Gasteiger partial charge on any atom is -0.456 e. The predicted molar refractivity (Wildman–Crippen MR) is 223 cm³/mol. The zero-order chi connectivity index (χ0) is 34.9. The van der Waals surface area contributed by atoms with Crippen LogP contribution in [0.4, 0.5) is 17.1 Å². The highest BCUT2D eigenvalue weighted by atomic mass is 32.2. The molecule has 0 fully saturated rings. The van der Waals surface area contributed by atoms with Gasteiger partial charge >= 0.3 is 0 Å². The van der Waals surface area contributed by atoms with Crippen LogP contribution in [0.1, 0.15) is 22.3 Å². The molecule has 1 aromatic heterocycles. The van der Waals surface area contributed by atoms with Crippen LogP contribution in [0.2, 0.25) is 0 Å². The van der Waals surface area contributed by atoms with E-state index in [0.29, 0.717) is 0 Å². The molecule has 0 amide bonds. The molecule has 3 heterocycles. The van der Waals surface area contributed by atoms with Crippen molar-refractivity contribution in [3.63, 3.8) is 0 Å². The van der Waals surface area contributed by atoms with Crippen molar-refractivity contribution >= 4 is 75.1 Å². The van der Waals surface area contributed by atoms with Crippen LogP contribution in [0.25, 0.3) is 21.9 Å². The Morgan fingerprint density at radius 3 is 1.83 bits per heavy atom. The molecule has 2 aliphatic heterocycles. The van der Waals surface area contributed by atoms with Crippen LogP contribution in [0, 0.1) is 0 Å². The minimum absolute atomic E-state index is 0.505. The van der Waals surface area contributed by atoms with Crippen LogP contribution in [-0.4, -0.2) is 8.80 Å². The molecule has 0 N–H and O–H groups in total. The highest BCUT2D eigenvalue weighted by Crippen LogP contribution is 2.56. The predicted octanol–water partition coefficient (Wildman–Crippen LogP) is 10.5. The number of furan rings is 1. The van der Waals surface area contributed by atoms with Gasteiger partial charge in [-0.25, -0.2) is 0 Å². The molecule has 11 rings (SSSR count). The van der Waals surface area contributed by atoms with Crippen molar-refractivity contribution in [3.8, 4) is 0 Å². The van der Waals surface area contributed by atoms with Crippen molar-refractivity contribution in [1.82, 2.24) is 0 Å². The molecule has 1 spiro atoms. The lowest BCUT2D eigenvalue weighted by molar-refractivity contribution is 0.669. The Bertz CT molecular complexity index is 2800. The van der Waals surface area contributed by atoms with Gasteiger partial charge < -0.3 is 9.32 Å². The highest BCUT2D eigenvalue weighted by molar-refractivity contribution is 7.99. The van der Waals surface area contributed by atoms with Gasteiger partial charge in [0.05, 0.1) is 16.5 Å². The van der Waals surface area contributed by atoms with E-state index in [0.717, 1.165) is 39.0 Å². The van der Waals surface area contributed by atoms with Gasteiger partial charge in [-0.3, -0.25) is 0 Å². The van der Waals surface area contributed by atoms with Gasteiger partial charge in [-0.2, -0.15) is 0 Å². The average molecular weight is 712 g/mol. The van der Waals surface area contributed by atoms with E-state index in [-0.39, 0.29) is 0 Å². The van der Waals surface area contributed by atoms with E-state index in [1.807, 2.05) is 17.8 Å². The summed E-state index contributed by atoms with van der Waals surface area (Å²) in [6.07, 6.45) is 0. The molecular formula is C49H33NOSSi. The fraction of sp³-hybridized carbons (Fsp3) is 0.0204. The lowest BCUT2D eigenvalue weighted by Gasteiger charge is -2.48. The Morgan fingerprint density at radius 2 is 1.06 bits per heavy atom. The molecule has 0 saturated carbocycles. The van der Waals surface area contributed by atoms with Gasteiger partial charge in [0.15, 0.2) is 0 Å². The Balaban J connectivity index is 1.27. The molecule has 0 aliphatic carbocycles. The zero-order valence-electron chi connectivity index (χ0n) is 28.8. The molecule has 9 aromatic rings. The molecular weight excluding hydrogens is 679 g/mol. The molecule has 250 valence electrons. The van der Waals surface area contributed by atoms with Crippen molar-refractivity contribution in [1.29, 1.82) is 0 Å². The summed E-state index contributed by atoms with van der Waals surface area (Å²) in [6.45, 7) is 0. The molecule has 0 radical (unpaired) electrons. The van der Waals surface area contributed by atoms with Crippen molar-refractivity contribution in [3.05, 3.63) is 216 Å². The van der Waals surface area contributed by atoms with Crippen LogP contribution in [-0.2, 0) is 5.41 Å². The molecule has 1 atom stereocenters. The largest absolute Gasteiger partial charge is 0.456 e. The maximum absolute atomic E-state index is 6.45. The summed E-state index contributed by atoms with van der Waals surface area (Å²) >= 11 is 1.89. The van der Waals surface area contributed by atoms with Crippen LogP contribution < -0.4 is 20.5 Å². The molecule has 0 saturated heterocycles. The minimum atomic E-state index is -1.91. The van der Waals surface area contributed by atoms with E-state index in [4.69, 9.17) is 4.42 Å². The zero-order valence-corrected chi connectivity index (χ0v) is 30.8. The van der Waals surface area contributed by atoms with Crippen molar-refractivity contribution in [2.45, 2.75) is 15.2 Å². The standard InChI is InChI=1S/C49H33NOSSi/c1-3-16-33(17-4-1)50(41-24-15-26-43-48(41)36-20-7-11-25-42(36)51-43)34-30-31-47-40(32-34)49(37-21-8-12-27-44(37)52-45-28-13-9-22-38(45)49)39-23-10-14-29-46(39)53(47)35-18-5-2-6-19-35/h1-32,53H. The highest BCUT2D eigenvalue weighted by Gasteiger charge is 2.51. The summed E-state index contributed by atoms with van der Waals surface area (Å²) < 4.78 is 6.45. The van der Waals surface area contributed by atoms with Gasteiger partial charge in [-0.05, 0) is 87.2 Å². The summed E-state index contributed by atoms with van der Waals surface area (Å²) in [4.78, 5) is 5.06. The smallest absolute Gasteiger partial charge is 0.137 e. The Kier molecular flexibility index (Phi) is 6.91. The summed E-state index contributed by atoms with van der Waals surface area (Å²) in [5.41, 5.74) is 10.1. The second kappa shape index (κ2) is 12.0. The molecule has 2 nitrogen and oxygen atoms in total. The van der Waals surface area contributed by atoms with Crippen LogP contribution in [0.15, 0.2) is 208 Å². The number of nitrogens with zero attached hydrogens (tertiary/aromatic N) is 1. The third kappa shape index (κ3) is 4.46. The fourth-order valence-electron chi connectivity index (χ4n) is 9.19. The van der Waals surface area contributed by atoms with Crippen LogP contribution >= 0.6 is 11.8 Å². The lowest BCUT2D eigenvalue weighted by atomic mass is 9.64. The van der Waals surface area contributed by atoms with E-state index >= 15 is 0 Å². The number of hydrogen-bond acceptors (Lipinski definition) is 3. The number of anilines is 3. The van der Waals surface area contributed by atoms with Crippen molar-refractivity contribution in [2.75, 3.05) is 4.90 Å². The van der Waals surface area contributed by atoms with Crippen molar-refractivity contribution in [2.24, 2.45) is 0 Å². The number of hydrogen-bond donors (Lipinski definition) is 0. The third-order valence-electron chi connectivity index (χ3n) is 11.3. The van der Waals surface area contributed by atoms with Gasteiger partial charge in [0, 0.05) is 26.6 Å². The molecule has 4 heteroatoms. The summed E-state index contributed by atoms with van der Waals surface area (Å²) in [5, 5.41) is 6.63. The SMILES string of the molecule is c1ccc(N(c2ccc3c(c2)C2(c4ccccc4Sc4ccccc42)c2ccccc2[SiH]3c2ccccc2)c2cccc3oc4ccccc4c23)cc1. The van der Waals surface area contributed by atoms with Crippen LogP contribution in [0.3, 0.4) is 0 Å². The maximum atomic E-state index is 6.45. The van der Waals surface area contributed by atoms with E-state index in [1.165, 1.54) is 47.6 Å². The summed E-state index contributed by atoms with van der Waals surface area (Å²) in [5.74, 6) is 0. The topological polar surface area (TPSA) is 16.4 Å². The normalized spacial score (nSPS) is 15.1. The Hall–Kier alpha value is -6.07. The van der Waals surface area contributed by atoms with Crippen LogP contribution in [0.5, 0.6) is 0 Å². The first-order chi connectivity index (χ1) is 26.3. The molecule has 8 aromatic carbocycles.